The van der Waals surface area contributed by atoms with Gasteiger partial charge in [-0.2, -0.15) is 0 Å². The molecule has 1 saturated carbocycles. The van der Waals surface area contributed by atoms with Gasteiger partial charge in [-0.05, 0) is 62.1 Å². The molecule has 1 fully saturated rings. The summed E-state index contributed by atoms with van der Waals surface area (Å²) >= 11 is 5.94. The van der Waals surface area contributed by atoms with Gasteiger partial charge in [-0.25, -0.2) is 30.3 Å². The smallest absolute Gasteiger partial charge is 0.211 e. The van der Waals surface area contributed by atoms with Crippen LogP contribution in [0.15, 0.2) is 41.3 Å². The van der Waals surface area contributed by atoms with E-state index in [2.05, 4.69) is 4.72 Å². The van der Waals surface area contributed by atoms with E-state index in [0.717, 1.165) is 12.1 Å². The Kier molecular flexibility index (Phi) is 6.50. The van der Waals surface area contributed by atoms with Gasteiger partial charge in [0.1, 0.15) is 10.6 Å². The Balaban J connectivity index is 1.92. The maximum absolute atomic E-state index is 15.3. The maximum Gasteiger partial charge on any atom is 0.211 e. The maximum atomic E-state index is 15.3. The van der Waals surface area contributed by atoms with Gasteiger partial charge >= 0.3 is 0 Å². The SMILES string of the molecule is CCS(=O)(=O)NC[C@@H]1CCC[C@@]2(S(=O)(=O)c3ccc(Cl)cc3)c3c(F)ccc(F)c3OC[C@@H]12. The first-order chi connectivity index (χ1) is 15.5. The van der Waals surface area contributed by atoms with E-state index in [9.17, 15) is 21.2 Å². The average Bonchev–Trinajstić information content (AvgIpc) is 2.79. The molecule has 11 heteroatoms. The van der Waals surface area contributed by atoms with Crippen LogP contribution >= 0.6 is 11.6 Å². The fraction of sp³-hybridized carbons (Fsp3) is 0.455. The molecule has 180 valence electrons. The first-order valence-corrected chi connectivity index (χ1v) is 14.1. The molecule has 1 heterocycles. The zero-order valence-electron chi connectivity index (χ0n) is 17.9. The Bertz CT molecular complexity index is 1270. The van der Waals surface area contributed by atoms with Crippen molar-refractivity contribution in [1.29, 1.82) is 0 Å². The van der Waals surface area contributed by atoms with Crippen LogP contribution in [0.2, 0.25) is 5.02 Å². The minimum atomic E-state index is -4.27. The van der Waals surface area contributed by atoms with E-state index < -0.39 is 53.8 Å². The third-order valence-electron chi connectivity index (χ3n) is 6.73. The van der Waals surface area contributed by atoms with Gasteiger partial charge in [-0.3, -0.25) is 0 Å². The van der Waals surface area contributed by atoms with Crippen molar-refractivity contribution in [3.63, 3.8) is 0 Å². The van der Waals surface area contributed by atoms with Crippen molar-refractivity contribution in [2.45, 2.75) is 35.8 Å². The molecule has 0 bridgehead atoms. The van der Waals surface area contributed by atoms with Crippen molar-refractivity contribution in [3.8, 4) is 5.75 Å². The van der Waals surface area contributed by atoms with Crippen molar-refractivity contribution in [3.05, 3.63) is 58.6 Å². The molecule has 2 aliphatic rings. The van der Waals surface area contributed by atoms with Crippen LogP contribution in [0.3, 0.4) is 0 Å². The van der Waals surface area contributed by atoms with E-state index in [0.29, 0.717) is 17.9 Å². The van der Waals surface area contributed by atoms with E-state index in [1.54, 1.807) is 0 Å². The van der Waals surface area contributed by atoms with E-state index in [1.165, 1.54) is 31.2 Å². The number of ether oxygens (including phenoxy) is 1. The highest BCUT2D eigenvalue weighted by Crippen LogP contribution is 2.58. The molecule has 2 aromatic carbocycles. The van der Waals surface area contributed by atoms with Crippen LogP contribution in [0, 0.1) is 23.5 Å². The van der Waals surface area contributed by atoms with Crippen molar-refractivity contribution in [2.75, 3.05) is 18.9 Å². The highest BCUT2D eigenvalue weighted by Gasteiger charge is 2.60. The lowest BCUT2D eigenvalue weighted by Crippen LogP contribution is -2.55. The van der Waals surface area contributed by atoms with E-state index >= 15 is 4.39 Å². The first-order valence-electron chi connectivity index (χ1n) is 10.6. The van der Waals surface area contributed by atoms with Crippen LogP contribution in [-0.2, 0) is 24.6 Å². The monoisotopic (exact) mass is 519 g/mol. The Hall–Kier alpha value is -1.75. The van der Waals surface area contributed by atoms with Gasteiger partial charge in [0.2, 0.25) is 10.0 Å². The molecular weight excluding hydrogens is 496 g/mol. The summed E-state index contributed by atoms with van der Waals surface area (Å²) in [6, 6.07) is 7.36. The number of hydrogen-bond donors (Lipinski definition) is 1. The van der Waals surface area contributed by atoms with Crippen LogP contribution in [-0.4, -0.2) is 35.7 Å². The fourth-order valence-electron chi connectivity index (χ4n) is 5.09. The minimum absolute atomic E-state index is 0.0195. The van der Waals surface area contributed by atoms with Crippen molar-refractivity contribution < 1.29 is 30.4 Å². The standard InChI is InChI=1S/C22H24ClF2NO5S2/c1-2-32(27,28)26-12-14-4-3-11-22(33(29,30)16-7-5-15(23)6-8-16)17(14)13-31-21-19(25)10-9-18(24)20(21)22/h5-10,14,17,26H,2-4,11-13H2,1H3/t14-,17-,22-/m0/s1. The van der Waals surface area contributed by atoms with Gasteiger partial charge < -0.3 is 4.74 Å². The second kappa shape index (κ2) is 8.79. The summed E-state index contributed by atoms with van der Waals surface area (Å²) in [7, 11) is -7.80. The summed E-state index contributed by atoms with van der Waals surface area (Å²) in [6.45, 7) is 1.30. The molecule has 6 nitrogen and oxygen atoms in total. The number of rotatable bonds is 6. The molecule has 0 saturated heterocycles. The van der Waals surface area contributed by atoms with Crippen LogP contribution < -0.4 is 9.46 Å². The van der Waals surface area contributed by atoms with Crippen LogP contribution in [0.5, 0.6) is 5.75 Å². The summed E-state index contributed by atoms with van der Waals surface area (Å²) in [5.41, 5.74) is -0.322. The Labute approximate surface area is 197 Å². The summed E-state index contributed by atoms with van der Waals surface area (Å²) in [5, 5.41) is 0.336. The lowest BCUT2D eigenvalue weighted by molar-refractivity contribution is 0.0771. The number of hydrogen-bond acceptors (Lipinski definition) is 5. The predicted octanol–water partition coefficient (Wildman–Crippen LogP) is 4.04. The molecule has 4 rings (SSSR count). The van der Waals surface area contributed by atoms with Gasteiger partial charge in [0, 0.05) is 17.5 Å². The van der Waals surface area contributed by atoms with Crippen LogP contribution in [0.4, 0.5) is 8.78 Å². The lowest BCUT2D eigenvalue weighted by atomic mass is 9.67. The molecule has 1 aliphatic carbocycles. The molecule has 0 spiro atoms. The van der Waals surface area contributed by atoms with E-state index in [4.69, 9.17) is 16.3 Å². The molecular formula is C22H24ClF2NO5S2. The molecule has 0 aromatic heterocycles. The van der Waals surface area contributed by atoms with Gasteiger partial charge in [0.15, 0.2) is 21.4 Å². The van der Waals surface area contributed by atoms with Crippen LogP contribution in [0.1, 0.15) is 31.7 Å². The van der Waals surface area contributed by atoms with Gasteiger partial charge in [0.25, 0.3) is 0 Å². The Morgan fingerprint density at radius 3 is 2.42 bits per heavy atom. The van der Waals surface area contributed by atoms with Crippen molar-refractivity contribution >= 4 is 31.5 Å². The Morgan fingerprint density at radius 2 is 1.76 bits per heavy atom. The number of nitrogens with one attached hydrogen (secondary N) is 1. The molecule has 2 aromatic rings. The zero-order valence-corrected chi connectivity index (χ0v) is 20.2. The number of sulfonamides is 1. The van der Waals surface area contributed by atoms with Gasteiger partial charge in [0.05, 0.1) is 22.8 Å². The highest BCUT2D eigenvalue weighted by molar-refractivity contribution is 7.92. The number of halogens is 3. The molecule has 33 heavy (non-hydrogen) atoms. The average molecular weight is 520 g/mol. The summed E-state index contributed by atoms with van der Waals surface area (Å²) in [5.74, 6) is -3.50. The second-order valence-electron chi connectivity index (χ2n) is 8.40. The molecule has 1 aliphatic heterocycles. The number of sulfone groups is 1. The van der Waals surface area contributed by atoms with Gasteiger partial charge in [-0.1, -0.05) is 18.0 Å². The lowest BCUT2D eigenvalue weighted by Gasteiger charge is -2.50. The quantitative estimate of drug-likeness (QED) is 0.622. The van der Waals surface area contributed by atoms with E-state index in [-0.39, 0.29) is 35.8 Å². The zero-order chi connectivity index (χ0) is 24.0. The molecule has 0 amide bonds. The minimum Gasteiger partial charge on any atom is -0.490 e. The topological polar surface area (TPSA) is 89.5 Å². The van der Waals surface area contributed by atoms with Gasteiger partial charge in [-0.15, -0.1) is 0 Å². The fourth-order valence-corrected chi connectivity index (χ4v) is 8.33. The van der Waals surface area contributed by atoms with E-state index in [1.807, 2.05) is 0 Å². The Morgan fingerprint density at radius 1 is 1.09 bits per heavy atom. The summed E-state index contributed by atoms with van der Waals surface area (Å²) in [6.07, 6.45) is 0.956. The number of fused-ring (bicyclic) bond motifs is 3. The molecule has 3 atom stereocenters. The van der Waals surface area contributed by atoms with Crippen LogP contribution in [0.25, 0.3) is 0 Å². The highest BCUT2D eigenvalue weighted by atomic mass is 35.5. The van der Waals surface area contributed by atoms with Crippen molar-refractivity contribution in [1.82, 2.24) is 4.72 Å². The summed E-state index contributed by atoms with van der Waals surface area (Å²) in [4.78, 5) is -0.0665. The third-order valence-corrected chi connectivity index (χ3v) is 10.9. The third kappa shape index (κ3) is 4.05. The molecule has 0 unspecified atom stereocenters. The molecule has 0 radical (unpaired) electrons. The normalized spacial score (nSPS) is 25.1. The largest absolute Gasteiger partial charge is 0.490 e. The number of benzene rings is 2. The first kappa shape index (κ1) is 24.4. The van der Waals surface area contributed by atoms with Crippen molar-refractivity contribution in [2.24, 2.45) is 11.8 Å². The summed E-state index contributed by atoms with van der Waals surface area (Å²) < 4.78 is 88.7. The molecule has 1 N–H and O–H groups in total. The predicted molar refractivity (Wildman–Crippen MR) is 120 cm³/mol. The second-order valence-corrected chi connectivity index (χ2v) is 13.1.